The quantitative estimate of drug-likeness (QED) is 0.578. The van der Waals surface area contributed by atoms with Crippen molar-refractivity contribution in [1.29, 1.82) is 0 Å². The van der Waals surface area contributed by atoms with Gasteiger partial charge in [0.1, 0.15) is 6.10 Å². The highest BCUT2D eigenvalue weighted by Gasteiger charge is 2.25. The highest BCUT2D eigenvalue weighted by atomic mass is 16.6. The molecule has 2 heterocycles. The first-order valence-electron chi connectivity index (χ1n) is 4.76. The Morgan fingerprint density at radius 1 is 1.42 bits per heavy atom. The highest BCUT2D eigenvalue weighted by Crippen LogP contribution is 2.15. The maximum absolute atomic E-state index is 5.70. The van der Waals surface area contributed by atoms with E-state index >= 15 is 0 Å². The molecule has 12 heavy (non-hydrogen) atoms. The van der Waals surface area contributed by atoms with Crippen molar-refractivity contribution in [2.45, 2.75) is 25.0 Å². The van der Waals surface area contributed by atoms with Crippen molar-refractivity contribution in [2.75, 3.05) is 33.4 Å². The minimum atomic E-state index is 0.421. The third-order valence-corrected chi connectivity index (χ3v) is 2.59. The van der Waals surface area contributed by atoms with Gasteiger partial charge in [-0.05, 0) is 19.9 Å². The number of rotatable bonds is 3. The maximum atomic E-state index is 5.70. The summed E-state index contributed by atoms with van der Waals surface area (Å²) in [6.45, 7) is 4.08. The number of hydrogen-bond acceptors (Lipinski definition) is 3. The number of epoxide rings is 1. The summed E-state index contributed by atoms with van der Waals surface area (Å²) in [6, 6.07) is 0. The van der Waals surface area contributed by atoms with E-state index in [-0.39, 0.29) is 0 Å². The molecule has 1 atom stereocenters. The average Bonchev–Trinajstić information content (AvgIpc) is 2.87. The maximum Gasteiger partial charge on any atom is 0.104 e. The topological polar surface area (TPSA) is 25.0 Å². The van der Waals surface area contributed by atoms with Crippen LogP contribution in [0.15, 0.2) is 0 Å². The molecule has 0 spiro atoms. The molecule has 0 radical (unpaired) electrons. The molecule has 0 aromatic rings. The van der Waals surface area contributed by atoms with Gasteiger partial charge in [0.05, 0.1) is 19.3 Å². The molecule has 0 aromatic heterocycles. The number of nitrogens with zero attached hydrogens (tertiary/aromatic N) is 1. The summed E-state index contributed by atoms with van der Waals surface area (Å²) in [5, 5.41) is 0. The third kappa shape index (κ3) is 2.44. The summed E-state index contributed by atoms with van der Waals surface area (Å²) in [4.78, 5) is 2.35. The molecule has 2 rings (SSSR count). The normalized spacial score (nSPS) is 32.2. The lowest BCUT2D eigenvalue weighted by Gasteiger charge is -2.28. The van der Waals surface area contributed by atoms with Crippen molar-refractivity contribution in [3.8, 4) is 0 Å². The summed E-state index contributed by atoms with van der Waals surface area (Å²) in [5.41, 5.74) is 0. The van der Waals surface area contributed by atoms with E-state index < -0.39 is 0 Å². The molecule has 0 saturated carbocycles. The Bertz CT molecular complexity index is 139. The number of likely N-dealkylation sites (tertiary alicyclic amines) is 1. The second kappa shape index (κ2) is 3.73. The van der Waals surface area contributed by atoms with E-state index in [1.165, 1.54) is 25.9 Å². The minimum absolute atomic E-state index is 0.421. The lowest BCUT2D eigenvalue weighted by molar-refractivity contribution is 0.00547. The summed E-state index contributed by atoms with van der Waals surface area (Å²) in [5.74, 6) is 0. The predicted molar refractivity (Wildman–Crippen MR) is 46.2 cm³/mol. The number of hydrogen-bond donors (Lipinski definition) is 0. The molecule has 3 nitrogen and oxygen atoms in total. The van der Waals surface area contributed by atoms with Crippen molar-refractivity contribution in [2.24, 2.45) is 0 Å². The molecule has 0 aliphatic carbocycles. The van der Waals surface area contributed by atoms with Gasteiger partial charge in [0.2, 0.25) is 0 Å². The van der Waals surface area contributed by atoms with Crippen LogP contribution in [0.5, 0.6) is 0 Å². The van der Waals surface area contributed by atoms with Crippen LogP contribution in [0.1, 0.15) is 12.8 Å². The van der Waals surface area contributed by atoms with E-state index in [9.17, 15) is 0 Å². The number of ether oxygens (including phenoxy) is 2. The van der Waals surface area contributed by atoms with Crippen molar-refractivity contribution in [1.82, 2.24) is 4.90 Å². The fourth-order valence-corrected chi connectivity index (χ4v) is 1.56. The lowest BCUT2D eigenvalue weighted by Crippen LogP contribution is -2.34. The van der Waals surface area contributed by atoms with Crippen LogP contribution in [-0.4, -0.2) is 50.5 Å². The summed E-state index contributed by atoms with van der Waals surface area (Å²) >= 11 is 0. The fourth-order valence-electron chi connectivity index (χ4n) is 1.56. The number of piperidine rings is 1. The molecule has 0 aromatic carbocycles. The monoisotopic (exact) mass is 171 g/mol. The molecule has 0 N–H and O–H groups in total. The van der Waals surface area contributed by atoms with E-state index in [0.717, 1.165) is 13.2 Å². The Morgan fingerprint density at radius 3 is 2.67 bits per heavy atom. The summed E-state index contributed by atoms with van der Waals surface area (Å²) < 4.78 is 10.8. The molecule has 0 bridgehead atoms. The standard InChI is InChI=1S/C9H17NO2/c1-10-4-2-8(3-5-10)11-6-9-7-12-9/h8-9H,2-7H2,1H3/t9-/m1/s1. The molecule has 2 aliphatic heterocycles. The van der Waals surface area contributed by atoms with Gasteiger partial charge in [0.25, 0.3) is 0 Å². The SMILES string of the molecule is CN1CCC(OC[C@@H]2CO2)CC1. The average molecular weight is 171 g/mol. The van der Waals surface area contributed by atoms with Crippen LogP contribution in [-0.2, 0) is 9.47 Å². The molecule has 2 saturated heterocycles. The van der Waals surface area contributed by atoms with Gasteiger partial charge >= 0.3 is 0 Å². The van der Waals surface area contributed by atoms with Crippen molar-refractivity contribution in [3.63, 3.8) is 0 Å². The van der Waals surface area contributed by atoms with E-state index in [0.29, 0.717) is 12.2 Å². The molecule has 2 aliphatic rings. The predicted octanol–water partition coefficient (Wildman–Crippen LogP) is 0.496. The van der Waals surface area contributed by atoms with Crippen LogP contribution in [0.25, 0.3) is 0 Å². The van der Waals surface area contributed by atoms with Gasteiger partial charge in [0, 0.05) is 13.1 Å². The van der Waals surface area contributed by atoms with E-state index in [2.05, 4.69) is 11.9 Å². The van der Waals surface area contributed by atoms with Gasteiger partial charge in [-0.15, -0.1) is 0 Å². The molecule has 70 valence electrons. The van der Waals surface area contributed by atoms with Crippen LogP contribution in [0.4, 0.5) is 0 Å². The largest absolute Gasteiger partial charge is 0.375 e. The fraction of sp³-hybridized carbons (Fsp3) is 1.00. The zero-order valence-electron chi connectivity index (χ0n) is 7.66. The van der Waals surface area contributed by atoms with Gasteiger partial charge in [-0.1, -0.05) is 0 Å². The Morgan fingerprint density at radius 2 is 2.08 bits per heavy atom. The van der Waals surface area contributed by atoms with E-state index in [1.807, 2.05) is 0 Å². The second-order valence-corrected chi connectivity index (χ2v) is 3.79. The van der Waals surface area contributed by atoms with Crippen LogP contribution in [0.2, 0.25) is 0 Å². The minimum Gasteiger partial charge on any atom is -0.375 e. The first-order valence-corrected chi connectivity index (χ1v) is 4.76. The van der Waals surface area contributed by atoms with Crippen LogP contribution >= 0.6 is 0 Å². The molecule has 2 fully saturated rings. The second-order valence-electron chi connectivity index (χ2n) is 3.79. The smallest absolute Gasteiger partial charge is 0.104 e. The van der Waals surface area contributed by atoms with Crippen molar-refractivity contribution < 1.29 is 9.47 Å². The molecule has 3 heteroatoms. The van der Waals surface area contributed by atoms with Crippen LogP contribution in [0.3, 0.4) is 0 Å². The Balaban J connectivity index is 1.60. The Hall–Kier alpha value is -0.120. The van der Waals surface area contributed by atoms with Crippen LogP contribution in [0, 0.1) is 0 Å². The van der Waals surface area contributed by atoms with E-state index in [4.69, 9.17) is 9.47 Å². The first-order chi connectivity index (χ1) is 5.84. The Labute approximate surface area is 73.6 Å². The van der Waals surface area contributed by atoms with Gasteiger partial charge in [0.15, 0.2) is 0 Å². The zero-order chi connectivity index (χ0) is 8.39. The lowest BCUT2D eigenvalue weighted by atomic mass is 10.1. The zero-order valence-corrected chi connectivity index (χ0v) is 7.66. The Kier molecular flexibility index (Phi) is 2.63. The molecular weight excluding hydrogens is 154 g/mol. The molecule has 0 amide bonds. The summed E-state index contributed by atoms with van der Waals surface area (Å²) in [6.07, 6.45) is 3.28. The van der Waals surface area contributed by atoms with Crippen LogP contribution < -0.4 is 0 Å². The molecule has 0 unspecified atom stereocenters. The van der Waals surface area contributed by atoms with Gasteiger partial charge in [-0.3, -0.25) is 0 Å². The molecular formula is C9H17NO2. The van der Waals surface area contributed by atoms with Crippen molar-refractivity contribution >= 4 is 0 Å². The van der Waals surface area contributed by atoms with Gasteiger partial charge < -0.3 is 14.4 Å². The summed E-state index contributed by atoms with van der Waals surface area (Å²) in [7, 11) is 2.17. The first kappa shape index (κ1) is 8.48. The van der Waals surface area contributed by atoms with Gasteiger partial charge in [-0.25, -0.2) is 0 Å². The third-order valence-electron chi connectivity index (χ3n) is 2.59. The van der Waals surface area contributed by atoms with Crippen molar-refractivity contribution in [3.05, 3.63) is 0 Å². The highest BCUT2D eigenvalue weighted by molar-refractivity contribution is 4.73. The van der Waals surface area contributed by atoms with E-state index in [1.54, 1.807) is 0 Å². The van der Waals surface area contributed by atoms with Gasteiger partial charge in [-0.2, -0.15) is 0 Å².